The predicted molar refractivity (Wildman–Crippen MR) is 107 cm³/mol. The van der Waals surface area contributed by atoms with E-state index in [1.165, 1.54) is 10.9 Å². The minimum absolute atomic E-state index is 0.0474. The monoisotopic (exact) mass is 376 g/mol. The number of rotatable bonds is 6. The van der Waals surface area contributed by atoms with Gasteiger partial charge in [-0.3, -0.25) is 19.0 Å². The van der Waals surface area contributed by atoms with Crippen molar-refractivity contribution in [2.45, 2.75) is 25.8 Å². The quantitative estimate of drug-likeness (QED) is 0.692. The third kappa shape index (κ3) is 4.09. The van der Waals surface area contributed by atoms with Gasteiger partial charge in [-0.25, -0.2) is 4.98 Å². The van der Waals surface area contributed by atoms with Gasteiger partial charge in [-0.2, -0.15) is 0 Å². The topological polar surface area (TPSA) is 93.1 Å². The van der Waals surface area contributed by atoms with Gasteiger partial charge in [0.1, 0.15) is 0 Å². The summed E-state index contributed by atoms with van der Waals surface area (Å²) in [4.78, 5) is 40.6. The third-order valence-electron chi connectivity index (χ3n) is 4.70. The summed E-state index contributed by atoms with van der Waals surface area (Å²) in [5.74, 6) is -0.00608. The summed E-state index contributed by atoms with van der Waals surface area (Å²) in [6.45, 7) is 0.248. The van der Waals surface area contributed by atoms with Crippen LogP contribution in [0, 0.1) is 5.92 Å². The van der Waals surface area contributed by atoms with Crippen LogP contribution in [-0.2, 0) is 16.1 Å². The molecule has 1 aliphatic rings. The maximum atomic E-state index is 12.4. The summed E-state index contributed by atoms with van der Waals surface area (Å²) in [5, 5.41) is 6.19. The number of hydrogen-bond acceptors (Lipinski definition) is 4. The second-order valence-electron chi connectivity index (χ2n) is 6.90. The molecule has 1 fully saturated rings. The summed E-state index contributed by atoms with van der Waals surface area (Å²) in [6.07, 6.45) is 3.53. The first-order valence-electron chi connectivity index (χ1n) is 9.25. The number of benzene rings is 2. The van der Waals surface area contributed by atoms with Gasteiger partial charge in [-0.15, -0.1) is 0 Å². The molecule has 0 aliphatic heterocycles. The Bertz CT molecular complexity index is 1080. The average Bonchev–Trinajstić information content (AvgIpc) is 3.55. The molecule has 2 amide bonds. The molecule has 28 heavy (non-hydrogen) atoms. The first-order chi connectivity index (χ1) is 13.6. The SMILES string of the molecule is O=C(CCn1cnc2ccccc2c1=O)Nc1ccc(NC(=O)C2CC2)cc1. The van der Waals surface area contributed by atoms with Crippen molar-refractivity contribution in [3.8, 4) is 0 Å². The molecule has 4 rings (SSSR count). The van der Waals surface area contributed by atoms with Gasteiger partial charge in [0.15, 0.2) is 0 Å². The van der Waals surface area contributed by atoms with Crippen molar-refractivity contribution in [2.75, 3.05) is 10.6 Å². The molecular weight excluding hydrogens is 356 g/mol. The van der Waals surface area contributed by atoms with Gasteiger partial charge in [0, 0.05) is 30.3 Å². The Balaban J connectivity index is 1.33. The van der Waals surface area contributed by atoms with E-state index in [1.54, 1.807) is 42.5 Å². The van der Waals surface area contributed by atoms with E-state index in [0.29, 0.717) is 22.3 Å². The number of aromatic nitrogens is 2. The van der Waals surface area contributed by atoms with Crippen LogP contribution in [0.3, 0.4) is 0 Å². The number of aryl methyl sites for hydroxylation is 1. The Kier molecular flexibility index (Phi) is 4.89. The maximum Gasteiger partial charge on any atom is 0.261 e. The maximum absolute atomic E-state index is 12.4. The Labute approximate surface area is 161 Å². The number of fused-ring (bicyclic) bond motifs is 1. The van der Waals surface area contributed by atoms with Crippen molar-refractivity contribution in [1.29, 1.82) is 0 Å². The van der Waals surface area contributed by atoms with Crippen LogP contribution in [0.15, 0.2) is 59.7 Å². The van der Waals surface area contributed by atoms with Crippen molar-refractivity contribution in [1.82, 2.24) is 9.55 Å². The molecule has 3 aromatic rings. The molecule has 1 heterocycles. The van der Waals surface area contributed by atoms with Crippen molar-refractivity contribution < 1.29 is 9.59 Å². The summed E-state index contributed by atoms with van der Waals surface area (Å²) in [5.41, 5.74) is 1.83. The fourth-order valence-corrected chi connectivity index (χ4v) is 2.94. The standard InChI is InChI=1S/C21H20N4O3/c26-19(11-12-25-13-22-18-4-2-1-3-17(18)21(25)28)23-15-7-9-16(10-8-15)24-20(27)14-5-6-14/h1-4,7-10,13-14H,5-6,11-12H2,(H,23,26)(H,24,27). The molecule has 0 spiro atoms. The van der Waals surface area contributed by atoms with E-state index in [2.05, 4.69) is 15.6 Å². The second kappa shape index (κ2) is 7.64. The van der Waals surface area contributed by atoms with E-state index >= 15 is 0 Å². The van der Waals surface area contributed by atoms with Crippen LogP contribution in [0.5, 0.6) is 0 Å². The number of para-hydroxylation sites is 1. The number of anilines is 2. The molecular formula is C21H20N4O3. The highest BCUT2D eigenvalue weighted by atomic mass is 16.2. The number of carbonyl (C=O) groups is 2. The van der Waals surface area contributed by atoms with E-state index in [-0.39, 0.29) is 36.3 Å². The van der Waals surface area contributed by atoms with Crippen molar-refractivity contribution >= 4 is 34.1 Å². The zero-order chi connectivity index (χ0) is 19.5. The molecule has 7 nitrogen and oxygen atoms in total. The smallest absolute Gasteiger partial charge is 0.261 e. The van der Waals surface area contributed by atoms with Crippen LogP contribution in [0.25, 0.3) is 10.9 Å². The fourth-order valence-electron chi connectivity index (χ4n) is 2.94. The number of nitrogens with zero attached hydrogens (tertiary/aromatic N) is 2. The lowest BCUT2D eigenvalue weighted by Crippen LogP contribution is -2.23. The third-order valence-corrected chi connectivity index (χ3v) is 4.70. The van der Waals surface area contributed by atoms with E-state index in [4.69, 9.17) is 0 Å². The zero-order valence-corrected chi connectivity index (χ0v) is 15.2. The van der Waals surface area contributed by atoms with Crippen molar-refractivity contribution in [3.05, 3.63) is 65.2 Å². The van der Waals surface area contributed by atoms with Gasteiger partial charge >= 0.3 is 0 Å². The van der Waals surface area contributed by atoms with E-state index in [1.807, 2.05) is 6.07 Å². The number of carbonyl (C=O) groups excluding carboxylic acids is 2. The summed E-state index contributed by atoms with van der Waals surface area (Å²) >= 11 is 0. The summed E-state index contributed by atoms with van der Waals surface area (Å²) in [7, 11) is 0. The Morgan fingerprint density at radius 2 is 1.68 bits per heavy atom. The van der Waals surface area contributed by atoms with E-state index < -0.39 is 0 Å². The molecule has 2 aromatic carbocycles. The second-order valence-corrected chi connectivity index (χ2v) is 6.90. The van der Waals surface area contributed by atoms with Crippen LogP contribution in [0.4, 0.5) is 11.4 Å². The van der Waals surface area contributed by atoms with Gasteiger partial charge in [-0.1, -0.05) is 12.1 Å². The lowest BCUT2D eigenvalue weighted by molar-refractivity contribution is -0.117. The van der Waals surface area contributed by atoms with Crippen LogP contribution < -0.4 is 16.2 Å². The molecule has 0 saturated heterocycles. The van der Waals surface area contributed by atoms with Crippen LogP contribution >= 0.6 is 0 Å². The zero-order valence-electron chi connectivity index (χ0n) is 15.2. The highest BCUT2D eigenvalue weighted by Crippen LogP contribution is 2.30. The molecule has 1 aliphatic carbocycles. The molecule has 1 aromatic heterocycles. The minimum Gasteiger partial charge on any atom is -0.326 e. The number of hydrogen-bond donors (Lipinski definition) is 2. The molecule has 0 atom stereocenters. The minimum atomic E-state index is -0.199. The van der Waals surface area contributed by atoms with Crippen molar-refractivity contribution in [2.24, 2.45) is 5.92 Å². The van der Waals surface area contributed by atoms with Gasteiger partial charge in [0.05, 0.1) is 17.2 Å². The predicted octanol–water partition coefficient (Wildman–Crippen LogP) is 2.77. The number of nitrogens with one attached hydrogen (secondary N) is 2. The molecule has 1 saturated carbocycles. The van der Waals surface area contributed by atoms with Gasteiger partial charge in [0.25, 0.3) is 5.56 Å². The van der Waals surface area contributed by atoms with E-state index in [0.717, 1.165) is 12.8 Å². The first-order valence-corrected chi connectivity index (χ1v) is 9.25. The molecule has 2 N–H and O–H groups in total. The molecule has 142 valence electrons. The van der Waals surface area contributed by atoms with Crippen LogP contribution in [0.1, 0.15) is 19.3 Å². The van der Waals surface area contributed by atoms with Gasteiger partial charge < -0.3 is 10.6 Å². The van der Waals surface area contributed by atoms with Crippen LogP contribution in [0.2, 0.25) is 0 Å². The number of amides is 2. The Morgan fingerprint density at radius 3 is 2.39 bits per heavy atom. The summed E-state index contributed by atoms with van der Waals surface area (Å²) in [6, 6.07) is 14.1. The van der Waals surface area contributed by atoms with Gasteiger partial charge in [0.2, 0.25) is 11.8 Å². The largest absolute Gasteiger partial charge is 0.326 e. The molecule has 0 radical (unpaired) electrons. The summed E-state index contributed by atoms with van der Waals surface area (Å²) < 4.78 is 1.44. The first kappa shape index (κ1) is 17.9. The molecule has 0 unspecified atom stereocenters. The molecule has 7 heteroatoms. The lowest BCUT2D eigenvalue weighted by atomic mass is 10.2. The Morgan fingerprint density at radius 1 is 1.00 bits per heavy atom. The fraction of sp³-hybridized carbons (Fsp3) is 0.238. The highest BCUT2D eigenvalue weighted by Gasteiger charge is 2.29. The van der Waals surface area contributed by atoms with E-state index in [9.17, 15) is 14.4 Å². The van der Waals surface area contributed by atoms with Crippen molar-refractivity contribution in [3.63, 3.8) is 0 Å². The van der Waals surface area contributed by atoms with Gasteiger partial charge in [-0.05, 0) is 49.2 Å². The lowest BCUT2D eigenvalue weighted by Gasteiger charge is -2.09. The average molecular weight is 376 g/mol. The highest BCUT2D eigenvalue weighted by molar-refractivity contribution is 5.95. The molecule has 0 bridgehead atoms. The van der Waals surface area contributed by atoms with Crippen LogP contribution in [-0.4, -0.2) is 21.4 Å². The normalized spacial score (nSPS) is 13.3. The Hall–Kier alpha value is -3.48.